The highest BCUT2D eigenvalue weighted by molar-refractivity contribution is 5.13. The Balaban J connectivity index is 2.84. The number of halogens is 3. The van der Waals surface area contributed by atoms with Crippen LogP contribution in [-0.2, 0) is 4.74 Å². The molecular weight excluding hydrogens is 221 g/mol. The van der Waals surface area contributed by atoms with Crippen molar-refractivity contribution >= 4 is 0 Å². The summed E-state index contributed by atoms with van der Waals surface area (Å²) in [5, 5.41) is 36.1. The van der Waals surface area contributed by atoms with Gasteiger partial charge in [0.05, 0.1) is 0 Å². The van der Waals surface area contributed by atoms with Crippen LogP contribution < -0.4 is 0 Å². The summed E-state index contributed by atoms with van der Waals surface area (Å²) in [7, 11) is 0. The molecule has 4 atom stereocenters. The number of rotatable bonds is 1. The lowest BCUT2D eigenvalue weighted by Crippen LogP contribution is -2.50. The molecule has 0 saturated carbocycles. The Morgan fingerprint density at radius 3 is 2.13 bits per heavy atom. The Morgan fingerprint density at radius 2 is 1.67 bits per heavy atom. The molecule has 0 heterocycles. The van der Waals surface area contributed by atoms with Crippen molar-refractivity contribution in [2.24, 2.45) is 0 Å². The van der Waals surface area contributed by atoms with Gasteiger partial charge in [0.25, 0.3) is 0 Å². The number of ether oxygens (including phenoxy) is 1. The minimum Gasteiger partial charge on any atom is -0.510 e. The van der Waals surface area contributed by atoms with Gasteiger partial charge in [-0.05, 0) is 6.08 Å². The first-order valence-electron chi connectivity index (χ1n) is 3.92. The molecule has 0 aromatic carbocycles. The van der Waals surface area contributed by atoms with Gasteiger partial charge in [0.15, 0.2) is 6.10 Å². The average Bonchev–Trinajstić information content (AvgIpc) is 2.07. The van der Waals surface area contributed by atoms with Crippen molar-refractivity contribution in [2.75, 3.05) is 0 Å². The summed E-state index contributed by atoms with van der Waals surface area (Å²) in [6.45, 7) is 0. The number of hydrogen-bond acceptors (Lipinski definition) is 5. The highest BCUT2D eigenvalue weighted by Crippen LogP contribution is 2.28. The fraction of sp³-hybridized carbons (Fsp3) is 0.714. The zero-order valence-electron chi connectivity index (χ0n) is 7.22. The lowest BCUT2D eigenvalue weighted by atomic mass is 9.94. The Kier molecular flexibility index (Phi) is 3.24. The van der Waals surface area contributed by atoms with Crippen LogP contribution in [0, 0.1) is 0 Å². The third-order valence-corrected chi connectivity index (χ3v) is 1.90. The van der Waals surface area contributed by atoms with Gasteiger partial charge >= 0.3 is 6.36 Å². The monoisotopic (exact) mass is 230 g/mol. The average molecular weight is 230 g/mol. The molecular formula is C7H9F3O5. The van der Waals surface area contributed by atoms with Gasteiger partial charge in [-0.2, -0.15) is 0 Å². The Hall–Kier alpha value is -0.830. The predicted octanol–water partition coefficient (Wildman–Crippen LogP) is -0.570. The predicted molar refractivity (Wildman–Crippen MR) is 39.7 cm³/mol. The van der Waals surface area contributed by atoms with E-state index in [2.05, 4.69) is 4.74 Å². The summed E-state index contributed by atoms with van der Waals surface area (Å²) >= 11 is 0. The van der Waals surface area contributed by atoms with E-state index in [1.165, 1.54) is 0 Å². The molecule has 1 aliphatic carbocycles. The Bertz CT molecular complexity index is 264. The van der Waals surface area contributed by atoms with Gasteiger partial charge in [0.1, 0.15) is 24.1 Å². The van der Waals surface area contributed by atoms with Crippen LogP contribution in [0.4, 0.5) is 13.2 Å². The molecule has 0 spiro atoms. The second-order valence-corrected chi connectivity index (χ2v) is 3.05. The molecule has 0 aromatic rings. The second-order valence-electron chi connectivity index (χ2n) is 3.05. The summed E-state index contributed by atoms with van der Waals surface area (Å²) in [6.07, 6.45) is -12.1. The van der Waals surface area contributed by atoms with Gasteiger partial charge in [-0.3, -0.25) is 4.74 Å². The summed E-state index contributed by atoms with van der Waals surface area (Å²) in [5.41, 5.74) is 0. The molecule has 0 saturated heterocycles. The zero-order valence-corrected chi connectivity index (χ0v) is 7.22. The van der Waals surface area contributed by atoms with E-state index in [9.17, 15) is 13.2 Å². The van der Waals surface area contributed by atoms with Crippen molar-refractivity contribution in [1.82, 2.24) is 0 Å². The first kappa shape index (κ1) is 12.2. The summed E-state index contributed by atoms with van der Waals surface area (Å²) in [4.78, 5) is 0. The minimum absolute atomic E-state index is 0.577. The van der Waals surface area contributed by atoms with Gasteiger partial charge < -0.3 is 20.4 Å². The maximum absolute atomic E-state index is 11.8. The van der Waals surface area contributed by atoms with E-state index in [1.807, 2.05) is 0 Å². The second kappa shape index (κ2) is 3.97. The fourth-order valence-electron chi connectivity index (χ4n) is 1.20. The Morgan fingerprint density at radius 1 is 1.13 bits per heavy atom. The Labute approximate surface area is 82.0 Å². The van der Waals surface area contributed by atoms with Gasteiger partial charge in [0, 0.05) is 0 Å². The van der Waals surface area contributed by atoms with Gasteiger partial charge in [-0.25, -0.2) is 0 Å². The molecule has 1 rings (SSSR count). The molecule has 0 fully saturated rings. The van der Waals surface area contributed by atoms with E-state index in [0.29, 0.717) is 6.08 Å². The minimum atomic E-state index is -5.06. The van der Waals surface area contributed by atoms with Crippen LogP contribution in [0.15, 0.2) is 11.8 Å². The zero-order chi connectivity index (χ0) is 11.8. The lowest BCUT2D eigenvalue weighted by Gasteiger charge is -2.32. The van der Waals surface area contributed by atoms with Crippen LogP contribution in [0.3, 0.4) is 0 Å². The third kappa shape index (κ3) is 2.81. The SMILES string of the molecule is OC1=CC(O)C(O)C(O)C1OC(F)(F)F. The summed E-state index contributed by atoms with van der Waals surface area (Å²) < 4.78 is 38.8. The van der Waals surface area contributed by atoms with E-state index in [4.69, 9.17) is 20.4 Å². The molecule has 0 radical (unpaired) electrons. The molecule has 5 nitrogen and oxygen atoms in total. The largest absolute Gasteiger partial charge is 0.523 e. The summed E-state index contributed by atoms with van der Waals surface area (Å²) in [6, 6.07) is 0. The van der Waals surface area contributed by atoms with Gasteiger partial charge in [-0.1, -0.05) is 0 Å². The van der Waals surface area contributed by atoms with E-state index < -0.39 is 36.5 Å². The molecule has 1 aliphatic rings. The van der Waals surface area contributed by atoms with Crippen molar-refractivity contribution in [1.29, 1.82) is 0 Å². The first-order valence-corrected chi connectivity index (χ1v) is 3.92. The van der Waals surface area contributed by atoms with Crippen LogP contribution in [-0.4, -0.2) is 51.2 Å². The maximum Gasteiger partial charge on any atom is 0.523 e. The normalized spacial score (nSPS) is 37.6. The van der Waals surface area contributed by atoms with E-state index >= 15 is 0 Å². The van der Waals surface area contributed by atoms with Crippen molar-refractivity contribution in [3.05, 3.63) is 11.8 Å². The van der Waals surface area contributed by atoms with Crippen molar-refractivity contribution in [3.8, 4) is 0 Å². The van der Waals surface area contributed by atoms with Crippen molar-refractivity contribution < 1.29 is 38.3 Å². The highest BCUT2D eigenvalue weighted by Gasteiger charge is 2.45. The van der Waals surface area contributed by atoms with Gasteiger partial charge in [-0.15, -0.1) is 13.2 Å². The van der Waals surface area contributed by atoms with Crippen LogP contribution in [0.25, 0.3) is 0 Å². The number of alkyl halides is 3. The van der Waals surface area contributed by atoms with Crippen LogP contribution in [0.1, 0.15) is 0 Å². The van der Waals surface area contributed by atoms with E-state index in [1.54, 1.807) is 0 Å². The first-order chi connectivity index (χ1) is 6.72. The van der Waals surface area contributed by atoms with Gasteiger partial charge in [0.2, 0.25) is 0 Å². The molecule has 4 N–H and O–H groups in total. The van der Waals surface area contributed by atoms with E-state index in [0.717, 1.165) is 0 Å². The molecule has 8 heteroatoms. The lowest BCUT2D eigenvalue weighted by molar-refractivity contribution is -0.353. The fourth-order valence-corrected chi connectivity index (χ4v) is 1.20. The molecule has 88 valence electrons. The van der Waals surface area contributed by atoms with Crippen LogP contribution in [0.2, 0.25) is 0 Å². The number of aliphatic hydroxyl groups excluding tert-OH is 4. The van der Waals surface area contributed by atoms with E-state index in [-0.39, 0.29) is 0 Å². The smallest absolute Gasteiger partial charge is 0.510 e. The van der Waals surface area contributed by atoms with Crippen molar-refractivity contribution in [3.63, 3.8) is 0 Å². The van der Waals surface area contributed by atoms with Crippen molar-refractivity contribution in [2.45, 2.75) is 30.8 Å². The topological polar surface area (TPSA) is 90.2 Å². The standard InChI is InChI=1S/C7H9F3O5/c8-7(9,10)15-6-3(12)1-2(11)4(13)5(6)14/h1-2,4-6,11-14H. The number of hydrogen-bond donors (Lipinski definition) is 4. The molecule has 0 amide bonds. The molecule has 0 aliphatic heterocycles. The summed E-state index contributed by atoms with van der Waals surface area (Å²) in [5.74, 6) is -0.974. The number of aliphatic hydroxyl groups is 4. The van der Waals surface area contributed by atoms with Crippen LogP contribution >= 0.6 is 0 Å². The maximum atomic E-state index is 11.8. The quantitative estimate of drug-likeness (QED) is 0.484. The van der Waals surface area contributed by atoms with Crippen LogP contribution in [0.5, 0.6) is 0 Å². The molecule has 4 unspecified atom stereocenters. The third-order valence-electron chi connectivity index (χ3n) is 1.90. The highest BCUT2D eigenvalue weighted by atomic mass is 19.4. The molecule has 15 heavy (non-hydrogen) atoms. The molecule has 0 aromatic heterocycles. The molecule has 0 bridgehead atoms.